The number of amides is 1. The summed E-state index contributed by atoms with van der Waals surface area (Å²) >= 11 is 0. The van der Waals surface area contributed by atoms with Crippen LogP contribution in [-0.2, 0) is 16.1 Å². The molecule has 114 valence electrons. The van der Waals surface area contributed by atoms with Crippen molar-refractivity contribution >= 4 is 11.9 Å². The number of alkyl carbamates (subject to hydrolysis) is 1. The fourth-order valence-corrected chi connectivity index (χ4v) is 2.77. The van der Waals surface area contributed by atoms with E-state index in [1.54, 1.807) is 6.92 Å². The molecule has 1 aromatic carbocycles. The minimum Gasteiger partial charge on any atom is -0.445 e. The lowest BCUT2D eigenvalue weighted by Crippen LogP contribution is -2.32. The van der Waals surface area contributed by atoms with Crippen molar-refractivity contribution in [3.63, 3.8) is 0 Å². The van der Waals surface area contributed by atoms with Gasteiger partial charge in [-0.3, -0.25) is 4.79 Å². The number of hydrogen-bond acceptors (Lipinski definition) is 3. The Morgan fingerprint density at radius 3 is 2.43 bits per heavy atom. The van der Waals surface area contributed by atoms with Gasteiger partial charge in [0.25, 0.3) is 0 Å². The summed E-state index contributed by atoms with van der Waals surface area (Å²) in [6, 6.07) is 9.63. The molecule has 0 heterocycles. The maximum Gasteiger partial charge on any atom is 0.407 e. The van der Waals surface area contributed by atoms with E-state index in [1.165, 1.54) is 0 Å². The molecule has 2 rings (SSSR count). The van der Waals surface area contributed by atoms with Crippen LogP contribution in [0.15, 0.2) is 30.3 Å². The topological polar surface area (TPSA) is 55.4 Å². The number of Topliss-reactive ketones (excluding diaryl/α,β-unsaturated/α-hetero) is 1. The van der Waals surface area contributed by atoms with Crippen molar-refractivity contribution in [1.29, 1.82) is 0 Å². The Balaban J connectivity index is 1.62. The largest absolute Gasteiger partial charge is 0.445 e. The van der Waals surface area contributed by atoms with Gasteiger partial charge in [-0.05, 0) is 44.1 Å². The van der Waals surface area contributed by atoms with Crippen molar-refractivity contribution in [2.75, 3.05) is 6.54 Å². The summed E-state index contributed by atoms with van der Waals surface area (Å²) in [7, 11) is 0. The molecule has 1 amide bonds. The van der Waals surface area contributed by atoms with Crippen LogP contribution in [0.5, 0.6) is 0 Å². The number of nitrogens with one attached hydrogen (secondary N) is 1. The Labute approximate surface area is 125 Å². The molecule has 0 spiro atoms. The molecule has 0 aliphatic heterocycles. The monoisotopic (exact) mass is 289 g/mol. The van der Waals surface area contributed by atoms with E-state index in [4.69, 9.17) is 4.74 Å². The number of rotatable bonds is 5. The lowest BCUT2D eigenvalue weighted by molar-refractivity contribution is -0.121. The second-order valence-corrected chi connectivity index (χ2v) is 5.77. The summed E-state index contributed by atoms with van der Waals surface area (Å²) < 4.78 is 5.17. The van der Waals surface area contributed by atoms with Crippen LogP contribution in [0.25, 0.3) is 0 Å². The molecule has 1 saturated carbocycles. The average Bonchev–Trinajstić information content (AvgIpc) is 2.52. The van der Waals surface area contributed by atoms with Crippen LogP contribution in [0.1, 0.15) is 38.2 Å². The molecule has 21 heavy (non-hydrogen) atoms. The third kappa shape index (κ3) is 5.21. The summed E-state index contributed by atoms with van der Waals surface area (Å²) in [5.41, 5.74) is 0.981. The van der Waals surface area contributed by atoms with Crippen LogP contribution in [-0.4, -0.2) is 18.4 Å². The van der Waals surface area contributed by atoms with Gasteiger partial charge in [0.05, 0.1) is 0 Å². The maximum absolute atomic E-state index is 11.6. The number of hydrogen-bond donors (Lipinski definition) is 1. The van der Waals surface area contributed by atoms with E-state index in [-0.39, 0.29) is 12.0 Å². The molecule has 1 aliphatic rings. The molecule has 1 N–H and O–H groups in total. The Kier molecular flexibility index (Phi) is 5.78. The molecule has 0 radical (unpaired) electrons. The van der Waals surface area contributed by atoms with E-state index >= 15 is 0 Å². The number of carbonyl (C=O) groups is 2. The summed E-state index contributed by atoms with van der Waals surface area (Å²) in [5.74, 6) is 0.986. The van der Waals surface area contributed by atoms with E-state index in [0.717, 1.165) is 31.2 Å². The van der Waals surface area contributed by atoms with E-state index < -0.39 is 0 Å². The first-order valence-electron chi connectivity index (χ1n) is 7.60. The second-order valence-electron chi connectivity index (χ2n) is 5.77. The average molecular weight is 289 g/mol. The Morgan fingerprint density at radius 2 is 1.81 bits per heavy atom. The molecule has 0 unspecified atom stereocenters. The standard InChI is InChI=1S/C17H23NO3/c1-13(19)16-9-7-14(8-10-16)11-18-17(20)21-12-15-5-3-2-4-6-15/h2-6,14,16H,7-12H2,1H3,(H,18,20)/t14-,16-. The Hall–Kier alpha value is -1.84. The number of ketones is 1. The summed E-state index contributed by atoms with van der Waals surface area (Å²) in [5, 5.41) is 2.82. The zero-order chi connectivity index (χ0) is 15.1. The van der Waals surface area contributed by atoms with E-state index in [2.05, 4.69) is 5.32 Å². The molecule has 0 saturated heterocycles. The predicted octanol–water partition coefficient (Wildman–Crippen LogP) is 3.31. The van der Waals surface area contributed by atoms with Gasteiger partial charge in [-0.2, -0.15) is 0 Å². The highest BCUT2D eigenvalue weighted by Gasteiger charge is 2.24. The van der Waals surface area contributed by atoms with Crippen LogP contribution in [0, 0.1) is 11.8 Å². The SMILES string of the molecule is CC(=O)[C@H]1CC[C@H](CNC(=O)OCc2ccccc2)CC1. The molecule has 4 heteroatoms. The van der Waals surface area contributed by atoms with Crippen molar-refractivity contribution in [3.8, 4) is 0 Å². The third-order valence-electron chi connectivity index (χ3n) is 4.17. The predicted molar refractivity (Wildman–Crippen MR) is 80.8 cm³/mol. The molecule has 0 aromatic heterocycles. The lowest BCUT2D eigenvalue weighted by Gasteiger charge is -2.26. The van der Waals surface area contributed by atoms with Crippen molar-refractivity contribution in [1.82, 2.24) is 5.32 Å². The molecule has 0 bridgehead atoms. The highest BCUT2D eigenvalue weighted by molar-refractivity contribution is 5.78. The van der Waals surface area contributed by atoms with Gasteiger partial charge in [-0.15, -0.1) is 0 Å². The van der Waals surface area contributed by atoms with Crippen LogP contribution >= 0.6 is 0 Å². The van der Waals surface area contributed by atoms with E-state index in [9.17, 15) is 9.59 Å². The van der Waals surface area contributed by atoms with Gasteiger partial charge >= 0.3 is 6.09 Å². The number of benzene rings is 1. The molecule has 1 fully saturated rings. The van der Waals surface area contributed by atoms with Gasteiger partial charge in [-0.1, -0.05) is 30.3 Å². The molecule has 1 aliphatic carbocycles. The van der Waals surface area contributed by atoms with Gasteiger partial charge in [0.15, 0.2) is 0 Å². The zero-order valence-corrected chi connectivity index (χ0v) is 12.5. The van der Waals surface area contributed by atoms with Gasteiger partial charge in [-0.25, -0.2) is 4.79 Å². The van der Waals surface area contributed by atoms with Gasteiger partial charge in [0.2, 0.25) is 0 Å². The number of ether oxygens (including phenoxy) is 1. The second kappa shape index (κ2) is 7.81. The van der Waals surface area contributed by atoms with Crippen LogP contribution in [0.2, 0.25) is 0 Å². The minimum absolute atomic E-state index is 0.228. The highest BCUT2D eigenvalue weighted by Crippen LogP contribution is 2.28. The van der Waals surface area contributed by atoms with Gasteiger partial charge < -0.3 is 10.1 Å². The van der Waals surface area contributed by atoms with E-state index in [1.807, 2.05) is 30.3 Å². The van der Waals surface area contributed by atoms with E-state index in [0.29, 0.717) is 24.9 Å². The van der Waals surface area contributed by atoms with Gasteiger partial charge in [0, 0.05) is 12.5 Å². The van der Waals surface area contributed by atoms with Crippen LogP contribution in [0.3, 0.4) is 0 Å². The fourth-order valence-electron chi connectivity index (χ4n) is 2.77. The van der Waals surface area contributed by atoms with Crippen molar-refractivity contribution in [3.05, 3.63) is 35.9 Å². The lowest BCUT2D eigenvalue weighted by atomic mass is 9.80. The highest BCUT2D eigenvalue weighted by atomic mass is 16.5. The molecule has 1 aromatic rings. The summed E-state index contributed by atoms with van der Waals surface area (Å²) in [6.07, 6.45) is 3.53. The molecular formula is C17H23NO3. The molecular weight excluding hydrogens is 266 g/mol. The quantitative estimate of drug-likeness (QED) is 0.904. The smallest absolute Gasteiger partial charge is 0.407 e. The van der Waals surface area contributed by atoms with Crippen molar-refractivity contribution < 1.29 is 14.3 Å². The molecule has 0 atom stereocenters. The fraction of sp³-hybridized carbons (Fsp3) is 0.529. The van der Waals surface area contributed by atoms with Crippen LogP contribution in [0.4, 0.5) is 4.79 Å². The summed E-state index contributed by atoms with van der Waals surface area (Å²) in [6.45, 7) is 2.60. The normalized spacial score (nSPS) is 21.6. The third-order valence-corrected chi connectivity index (χ3v) is 4.17. The van der Waals surface area contributed by atoms with Crippen molar-refractivity contribution in [2.45, 2.75) is 39.2 Å². The van der Waals surface area contributed by atoms with Gasteiger partial charge in [0.1, 0.15) is 12.4 Å². The maximum atomic E-state index is 11.6. The Morgan fingerprint density at radius 1 is 1.14 bits per heavy atom. The first-order chi connectivity index (χ1) is 10.1. The minimum atomic E-state index is -0.368. The number of carbonyl (C=O) groups excluding carboxylic acids is 2. The first-order valence-corrected chi connectivity index (χ1v) is 7.60. The molecule has 4 nitrogen and oxygen atoms in total. The first kappa shape index (κ1) is 15.5. The Bertz CT molecular complexity index is 464. The zero-order valence-electron chi connectivity index (χ0n) is 12.5. The van der Waals surface area contributed by atoms with Crippen molar-refractivity contribution in [2.24, 2.45) is 11.8 Å². The summed E-state index contributed by atoms with van der Waals surface area (Å²) in [4.78, 5) is 22.9. The van der Waals surface area contributed by atoms with Crippen LogP contribution < -0.4 is 5.32 Å².